The van der Waals surface area contributed by atoms with Crippen molar-refractivity contribution < 1.29 is 41.8 Å². The Bertz CT molecular complexity index is 2200. The van der Waals surface area contributed by atoms with Gasteiger partial charge in [-0.2, -0.15) is 0 Å². The van der Waals surface area contributed by atoms with E-state index in [-0.39, 0.29) is 25.3 Å². The van der Waals surface area contributed by atoms with E-state index in [0.717, 1.165) is 43.9 Å². The SMILES string of the molecule is C=CC1CC1(NC(=O)[C@@H]1C[C@@H](Oc2cc(-c3ccccc3)nc3cc(OC)ccc23)CN1C(=O)[C@@H](NC(=O)OC(C)(C)C)C(=C)C1CCCCC1)C(=O)NS(C)(=O)=O. The predicted molar refractivity (Wildman–Crippen MR) is 219 cm³/mol. The summed E-state index contributed by atoms with van der Waals surface area (Å²) in [5.74, 6) is -1.75. The molecule has 2 unspecified atom stereocenters. The van der Waals surface area contributed by atoms with Gasteiger partial charge in [0.1, 0.15) is 40.8 Å². The monoisotopic (exact) mass is 815 g/mol. The fourth-order valence-electron chi connectivity index (χ4n) is 7.92. The Kier molecular flexibility index (Phi) is 12.2. The lowest BCUT2D eigenvalue weighted by molar-refractivity contribution is -0.140. The van der Waals surface area contributed by atoms with E-state index in [1.54, 1.807) is 40.0 Å². The molecule has 0 bridgehead atoms. The molecule has 3 N–H and O–H groups in total. The van der Waals surface area contributed by atoms with Gasteiger partial charge >= 0.3 is 6.09 Å². The molecule has 58 heavy (non-hydrogen) atoms. The predicted octanol–water partition coefficient (Wildman–Crippen LogP) is 5.43. The number of pyridine rings is 1. The standard InChI is InChI=1S/C43H53N5O9S/c1-8-29-24-43(29,40(51)47-58(7,53)54)46-38(49)35-22-31(56-36-23-33(28-17-13-10-14-18-28)44-34-21-30(55-6)19-20-32(34)36)25-48(35)39(50)37(45-41(52)57-42(3,4)5)26(2)27-15-11-9-12-16-27/h8,10,13-14,17-21,23,27,29,31,35,37H,1-2,9,11-12,15-16,22,24-25H2,3-7H3,(H,45,52)(H,46,49)(H,47,51)/t29?,31-,35+,37+,43?/m1/s1. The minimum atomic E-state index is -3.97. The first-order chi connectivity index (χ1) is 27.4. The molecule has 5 atom stereocenters. The molecule has 2 aliphatic carbocycles. The van der Waals surface area contributed by atoms with Gasteiger partial charge in [-0.15, -0.1) is 6.58 Å². The van der Waals surface area contributed by atoms with Crippen LogP contribution in [0.1, 0.15) is 65.7 Å². The number of methoxy groups -OCH3 is 1. The number of ether oxygens (including phenoxy) is 3. The number of carbonyl (C=O) groups is 4. The van der Waals surface area contributed by atoms with Crippen LogP contribution in [0, 0.1) is 11.8 Å². The van der Waals surface area contributed by atoms with E-state index in [1.165, 1.54) is 11.0 Å². The zero-order chi connectivity index (χ0) is 42.0. The second kappa shape index (κ2) is 16.8. The van der Waals surface area contributed by atoms with Gasteiger partial charge in [0, 0.05) is 35.4 Å². The lowest BCUT2D eigenvalue weighted by atomic mass is 9.81. The van der Waals surface area contributed by atoms with Crippen LogP contribution in [0.3, 0.4) is 0 Å². The van der Waals surface area contributed by atoms with Crippen molar-refractivity contribution in [3.8, 4) is 22.8 Å². The number of carbonyl (C=O) groups excluding carboxylic acids is 4. The molecule has 0 spiro atoms. The fourth-order valence-corrected chi connectivity index (χ4v) is 8.44. The van der Waals surface area contributed by atoms with Crippen molar-refractivity contribution in [2.24, 2.45) is 11.8 Å². The molecule has 2 heterocycles. The van der Waals surface area contributed by atoms with Gasteiger partial charge in [-0.25, -0.2) is 18.2 Å². The number of amides is 4. The van der Waals surface area contributed by atoms with Gasteiger partial charge < -0.3 is 29.7 Å². The molecule has 2 saturated carbocycles. The summed E-state index contributed by atoms with van der Waals surface area (Å²) in [5.41, 5.74) is 0.129. The third-order valence-corrected chi connectivity index (χ3v) is 11.5. The molecule has 3 fully saturated rings. The molecule has 6 rings (SSSR count). The number of nitrogens with one attached hydrogen (secondary N) is 3. The van der Waals surface area contributed by atoms with Gasteiger partial charge in [0.25, 0.3) is 5.91 Å². The van der Waals surface area contributed by atoms with Crippen molar-refractivity contribution in [2.75, 3.05) is 19.9 Å². The first kappa shape index (κ1) is 42.2. The Hall–Kier alpha value is -5.44. The van der Waals surface area contributed by atoms with E-state index < -0.39 is 69.1 Å². The molecule has 2 aromatic carbocycles. The number of likely N-dealkylation sites (tertiary alicyclic amines) is 1. The molecule has 0 radical (unpaired) electrons. The Labute approximate surface area is 339 Å². The van der Waals surface area contributed by atoms with Gasteiger partial charge in [0.05, 0.1) is 31.1 Å². The third-order valence-electron chi connectivity index (χ3n) is 10.9. The van der Waals surface area contributed by atoms with Crippen LogP contribution in [0.25, 0.3) is 22.2 Å². The number of fused-ring (bicyclic) bond motifs is 1. The quantitative estimate of drug-likeness (QED) is 0.188. The number of sulfonamides is 1. The maximum atomic E-state index is 14.9. The summed E-state index contributed by atoms with van der Waals surface area (Å²) in [4.78, 5) is 62.3. The molecular formula is C43H53N5O9S. The topological polar surface area (TPSA) is 182 Å². The molecular weight excluding hydrogens is 763 g/mol. The number of nitrogens with zero attached hydrogens (tertiary/aromatic N) is 2. The van der Waals surface area contributed by atoms with Crippen molar-refractivity contribution in [3.05, 3.63) is 79.4 Å². The van der Waals surface area contributed by atoms with E-state index in [1.807, 2.05) is 47.2 Å². The summed E-state index contributed by atoms with van der Waals surface area (Å²) < 4.78 is 44.0. The minimum Gasteiger partial charge on any atom is -0.497 e. The number of aromatic nitrogens is 1. The number of hydrogen-bond donors (Lipinski definition) is 3. The van der Waals surface area contributed by atoms with Crippen LogP contribution < -0.4 is 24.8 Å². The Morgan fingerprint density at radius 1 is 1.03 bits per heavy atom. The van der Waals surface area contributed by atoms with E-state index in [4.69, 9.17) is 19.2 Å². The first-order valence-corrected chi connectivity index (χ1v) is 21.5. The Morgan fingerprint density at radius 3 is 2.36 bits per heavy atom. The van der Waals surface area contributed by atoms with Crippen LogP contribution in [0.4, 0.5) is 4.79 Å². The summed E-state index contributed by atoms with van der Waals surface area (Å²) in [6.07, 6.45) is 5.40. The largest absolute Gasteiger partial charge is 0.497 e. The Morgan fingerprint density at radius 2 is 1.74 bits per heavy atom. The summed E-state index contributed by atoms with van der Waals surface area (Å²) in [7, 11) is -2.40. The van der Waals surface area contributed by atoms with Gasteiger partial charge in [-0.05, 0) is 63.7 Å². The van der Waals surface area contributed by atoms with Crippen molar-refractivity contribution in [1.29, 1.82) is 0 Å². The van der Waals surface area contributed by atoms with E-state index >= 15 is 0 Å². The first-order valence-electron chi connectivity index (χ1n) is 19.6. The second-order valence-electron chi connectivity index (χ2n) is 16.4. The molecule has 310 valence electrons. The summed E-state index contributed by atoms with van der Waals surface area (Å²) in [5, 5.41) is 6.22. The lowest BCUT2D eigenvalue weighted by Gasteiger charge is -2.34. The van der Waals surface area contributed by atoms with E-state index in [9.17, 15) is 27.6 Å². The fraction of sp³-hybridized carbons (Fsp3) is 0.465. The highest BCUT2D eigenvalue weighted by Crippen LogP contribution is 2.45. The molecule has 15 heteroatoms. The molecule has 1 saturated heterocycles. The highest BCUT2D eigenvalue weighted by molar-refractivity contribution is 7.89. The highest BCUT2D eigenvalue weighted by atomic mass is 32.2. The average Bonchev–Trinajstić information content (AvgIpc) is 3.74. The number of hydrogen-bond acceptors (Lipinski definition) is 10. The van der Waals surface area contributed by atoms with Gasteiger partial charge in [-0.1, -0.05) is 62.2 Å². The van der Waals surface area contributed by atoms with Crippen LogP contribution in [-0.4, -0.2) is 91.4 Å². The number of rotatable bonds is 13. The van der Waals surface area contributed by atoms with Crippen molar-refractivity contribution in [2.45, 2.75) is 95.0 Å². The van der Waals surface area contributed by atoms with Crippen molar-refractivity contribution in [3.63, 3.8) is 0 Å². The zero-order valence-corrected chi connectivity index (χ0v) is 34.5. The van der Waals surface area contributed by atoms with Crippen LogP contribution >= 0.6 is 0 Å². The van der Waals surface area contributed by atoms with E-state index in [0.29, 0.717) is 33.7 Å². The van der Waals surface area contributed by atoms with Crippen LogP contribution in [0.2, 0.25) is 0 Å². The van der Waals surface area contributed by atoms with Crippen molar-refractivity contribution in [1.82, 2.24) is 25.2 Å². The van der Waals surface area contributed by atoms with Crippen LogP contribution in [-0.2, 0) is 29.1 Å². The minimum absolute atomic E-state index is 0.00416. The summed E-state index contributed by atoms with van der Waals surface area (Å²) >= 11 is 0. The third kappa shape index (κ3) is 9.63. The van der Waals surface area contributed by atoms with Gasteiger partial charge in [0.2, 0.25) is 21.8 Å². The van der Waals surface area contributed by atoms with Gasteiger partial charge in [0.15, 0.2) is 0 Å². The maximum absolute atomic E-state index is 14.9. The molecule has 4 amide bonds. The summed E-state index contributed by atoms with van der Waals surface area (Å²) in [6.45, 7) is 13.2. The molecule has 1 aromatic heterocycles. The lowest BCUT2D eigenvalue weighted by Crippen LogP contribution is -2.58. The highest BCUT2D eigenvalue weighted by Gasteiger charge is 2.61. The number of alkyl carbamates (subject to hydrolysis) is 1. The number of benzene rings is 2. The molecule has 3 aromatic rings. The van der Waals surface area contributed by atoms with E-state index in [2.05, 4.69) is 23.8 Å². The maximum Gasteiger partial charge on any atom is 0.408 e. The smallest absolute Gasteiger partial charge is 0.408 e. The second-order valence-corrected chi connectivity index (χ2v) is 18.2. The molecule has 3 aliphatic rings. The molecule has 1 aliphatic heterocycles. The zero-order valence-electron chi connectivity index (χ0n) is 33.7. The van der Waals surface area contributed by atoms with Crippen LogP contribution in [0.15, 0.2) is 79.4 Å². The normalized spacial score (nSPS) is 22.6. The average molecular weight is 816 g/mol. The van der Waals surface area contributed by atoms with Gasteiger partial charge in [-0.3, -0.25) is 19.1 Å². The Balaban J connectivity index is 1.37. The molecule has 14 nitrogen and oxygen atoms in total. The van der Waals surface area contributed by atoms with Crippen LogP contribution in [0.5, 0.6) is 11.5 Å². The van der Waals surface area contributed by atoms with Crippen molar-refractivity contribution >= 4 is 44.7 Å². The summed E-state index contributed by atoms with van der Waals surface area (Å²) in [6, 6.07) is 14.3.